The van der Waals surface area contributed by atoms with Crippen LogP contribution < -0.4 is 0 Å². The van der Waals surface area contributed by atoms with E-state index >= 15 is 0 Å². The highest BCUT2D eigenvalue weighted by molar-refractivity contribution is 5.79. The van der Waals surface area contributed by atoms with Crippen LogP contribution in [0.4, 0.5) is 0 Å². The Bertz CT molecular complexity index is 570. The molecule has 2 heterocycles. The second kappa shape index (κ2) is 10.2. The van der Waals surface area contributed by atoms with E-state index < -0.39 is 0 Å². The van der Waals surface area contributed by atoms with Gasteiger partial charge in [0.25, 0.3) is 0 Å². The quantitative estimate of drug-likeness (QED) is 0.660. The number of nitrogens with zero attached hydrogens (tertiary/aromatic N) is 4. The third kappa shape index (κ3) is 6.04. The summed E-state index contributed by atoms with van der Waals surface area (Å²) in [4.78, 5) is 19.7. The van der Waals surface area contributed by atoms with Crippen molar-refractivity contribution in [3.05, 3.63) is 17.5 Å². The Hall–Kier alpha value is -1.40. The molecular weight excluding hydrogens is 340 g/mol. The Morgan fingerprint density at radius 3 is 2.33 bits per heavy atom. The van der Waals surface area contributed by atoms with Gasteiger partial charge in [-0.1, -0.05) is 19.0 Å². The molecule has 0 aliphatic carbocycles. The summed E-state index contributed by atoms with van der Waals surface area (Å²) in [5.41, 5.74) is 0.935. The number of aryl methyl sites for hydroxylation is 1. The first-order valence-corrected chi connectivity index (χ1v) is 10.5. The highest BCUT2D eigenvalue weighted by Gasteiger charge is 2.28. The van der Waals surface area contributed by atoms with Gasteiger partial charge in [0.1, 0.15) is 0 Å². The lowest BCUT2D eigenvalue weighted by atomic mass is 10.0. The molecule has 1 aliphatic rings. The highest BCUT2D eigenvalue weighted by atomic mass is 16.5. The number of likely N-dealkylation sites (tertiary alicyclic amines) is 1. The van der Waals surface area contributed by atoms with E-state index in [4.69, 9.17) is 4.52 Å². The molecule has 0 aromatic carbocycles. The zero-order valence-corrected chi connectivity index (χ0v) is 18.1. The molecule has 1 fully saturated rings. The lowest BCUT2D eigenvalue weighted by molar-refractivity contribution is -0.137. The van der Waals surface area contributed by atoms with Gasteiger partial charge in [-0.15, -0.1) is 0 Å². The Morgan fingerprint density at radius 1 is 1.26 bits per heavy atom. The molecule has 1 aromatic heterocycles. The second-order valence-corrected chi connectivity index (χ2v) is 8.17. The average molecular weight is 379 g/mol. The van der Waals surface area contributed by atoms with E-state index in [0.29, 0.717) is 24.7 Å². The topological polar surface area (TPSA) is 52.8 Å². The number of likely N-dealkylation sites (N-methyl/N-ethyl adjacent to an activating group) is 1. The van der Waals surface area contributed by atoms with E-state index in [1.54, 1.807) is 0 Å². The second-order valence-electron chi connectivity index (χ2n) is 8.17. The highest BCUT2D eigenvalue weighted by Crippen LogP contribution is 2.19. The smallest absolute Gasteiger partial charge is 0.237 e. The number of hydrogen-bond acceptors (Lipinski definition) is 5. The van der Waals surface area contributed by atoms with Gasteiger partial charge in [0.05, 0.1) is 18.8 Å². The fourth-order valence-corrected chi connectivity index (χ4v) is 3.97. The third-order valence-corrected chi connectivity index (χ3v) is 6.04. The van der Waals surface area contributed by atoms with Crippen LogP contribution in [0.1, 0.15) is 64.8 Å². The molecular formula is C21H38N4O2. The van der Waals surface area contributed by atoms with Gasteiger partial charge >= 0.3 is 0 Å². The largest absolute Gasteiger partial charge is 0.360 e. The molecule has 6 nitrogen and oxygen atoms in total. The minimum absolute atomic E-state index is 0.265. The number of carbonyl (C=O) groups is 1. The van der Waals surface area contributed by atoms with Gasteiger partial charge in [-0.3, -0.25) is 14.6 Å². The first-order chi connectivity index (χ1) is 12.8. The van der Waals surface area contributed by atoms with E-state index in [2.05, 4.69) is 54.6 Å². The van der Waals surface area contributed by atoms with Crippen LogP contribution in [0, 0.1) is 6.92 Å². The van der Waals surface area contributed by atoms with Gasteiger partial charge in [0.15, 0.2) is 5.76 Å². The molecule has 154 valence electrons. The maximum atomic E-state index is 13.0. The number of aromatic nitrogens is 1. The van der Waals surface area contributed by atoms with E-state index in [-0.39, 0.29) is 5.91 Å². The van der Waals surface area contributed by atoms with Gasteiger partial charge in [-0.25, -0.2) is 0 Å². The maximum Gasteiger partial charge on any atom is 0.237 e. The maximum absolute atomic E-state index is 13.0. The van der Waals surface area contributed by atoms with Crippen molar-refractivity contribution in [2.75, 3.05) is 26.7 Å². The Morgan fingerprint density at radius 2 is 1.85 bits per heavy atom. The number of amides is 1. The molecule has 0 bridgehead atoms. The summed E-state index contributed by atoms with van der Waals surface area (Å²) in [6.07, 6.45) is 4.17. The van der Waals surface area contributed by atoms with Gasteiger partial charge < -0.3 is 9.42 Å². The fourth-order valence-electron chi connectivity index (χ4n) is 3.97. The molecule has 0 radical (unpaired) electrons. The van der Waals surface area contributed by atoms with Crippen LogP contribution in [0.15, 0.2) is 10.6 Å². The summed E-state index contributed by atoms with van der Waals surface area (Å²) in [7, 11) is 2.10. The Balaban J connectivity index is 1.83. The van der Waals surface area contributed by atoms with Gasteiger partial charge in [-0.2, -0.15) is 0 Å². The normalized spacial score (nSPS) is 18.6. The van der Waals surface area contributed by atoms with Crippen molar-refractivity contribution in [3.63, 3.8) is 0 Å². The zero-order chi connectivity index (χ0) is 20.0. The monoisotopic (exact) mass is 378 g/mol. The van der Waals surface area contributed by atoms with Crippen molar-refractivity contribution >= 4 is 5.91 Å². The van der Waals surface area contributed by atoms with Crippen LogP contribution in [-0.2, 0) is 11.3 Å². The van der Waals surface area contributed by atoms with Crippen molar-refractivity contribution in [1.82, 2.24) is 19.9 Å². The Labute approximate surface area is 164 Å². The summed E-state index contributed by atoms with van der Waals surface area (Å²) in [6.45, 7) is 14.0. The number of rotatable bonds is 9. The minimum atomic E-state index is 0.265. The predicted octanol–water partition coefficient (Wildman–Crippen LogP) is 3.30. The van der Waals surface area contributed by atoms with Crippen molar-refractivity contribution < 1.29 is 9.32 Å². The van der Waals surface area contributed by atoms with Crippen molar-refractivity contribution in [1.29, 1.82) is 0 Å². The predicted molar refractivity (Wildman–Crippen MR) is 109 cm³/mol. The van der Waals surface area contributed by atoms with Crippen LogP contribution in [0.25, 0.3) is 0 Å². The average Bonchev–Trinajstić information content (AvgIpc) is 3.06. The van der Waals surface area contributed by atoms with Crippen molar-refractivity contribution in [3.8, 4) is 0 Å². The SMILES string of the molecule is CC[C@@H](C)N(C(=O)CN(C)C1CCN(Cc2cc(C)no2)CC1)[C@H](C)CC. The van der Waals surface area contributed by atoms with E-state index in [1.165, 1.54) is 0 Å². The summed E-state index contributed by atoms with van der Waals surface area (Å²) in [5.74, 6) is 1.20. The van der Waals surface area contributed by atoms with Crippen LogP contribution >= 0.6 is 0 Å². The summed E-state index contributed by atoms with van der Waals surface area (Å²) >= 11 is 0. The number of piperidine rings is 1. The summed E-state index contributed by atoms with van der Waals surface area (Å²) in [6, 6.07) is 3.08. The molecule has 0 saturated carbocycles. The van der Waals surface area contributed by atoms with Crippen LogP contribution in [0.2, 0.25) is 0 Å². The molecule has 0 N–H and O–H groups in total. The molecule has 2 atom stereocenters. The van der Waals surface area contributed by atoms with Gasteiger partial charge in [0.2, 0.25) is 5.91 Å². The van der Waals surface area contributed by atoms with Crippen molar-refractivity contribution in [2.24, 2.45) is 0 Å². The van der Waals surface area contributed by atoms with Crippen LogP contribution in [-0.4, -0.2) is 70.6 Å². The zero-order valence-electron chi connectivity index (χ0n) is 18.1. The molecule has 6 heteroatoms. The minimum Gasteiger partial charge on any atom is -0.360 e. The van der Waals surface area contributed by atoms with E-state index in [1.807, 2.05) is 13.0 Å². The first-order valence-electron chi connectivity index (χ1n) is 10.5. The molecule has 1 amide bonds. The van der Waals surface area contributed by atoms with Gasteiger partial charge in [0, 0.05) is 37.3 Å². The molecule has 0 unspecified atom stereocenters. The summed E-state index contributed by atoms with van der Waals surface area (Å²) in [5, 5.41) is 3.96. The third-order valence-electron chi connectivity index (χ3n) is 6.04. The summed E-state index contributed by atoms with van der Waals surface area (Å²) < 4.78 is 5.33. The molecule has 1 aromatic rings. The molecule has 1 saturated heterocycles. The molecule has 0 spiro atoms. The lowest BCUT2D eigenvalue weighted by Crippen LogP contribution is -2.51. The standard InChI is InChI=1S/C21H38N4O2/c1-7-17(4)25(18(5)8-2)21(26)15-23(6)19-9-11-24(12-10-19)14-20-13-16(3)22-27-20/h13,17-19H,7-12,14-15H2,1-6H3/t17-,18-/m1/s1. The van der Waals surface area contributed by atoms with E-state index in [0.717, 1.165) is 56.8 Å². The number of hydrogen-bond donors (Lipinski definition) is 0. The van der Waals surface area contributed by atoms with Crippen LogP contribution in [0.5, 0.6) is 0 Å². The van der Waals surface area contributed by atoms with Gasteiger partial charge in [-0.05, 0) is 53.5 Å². The molecule has 1 aliphatic heterocycles. The lowest BCUT2D eigenvalue weighted by Gasteiger charge is -2.39. The molecule has 27 heavy (non-hydrogen) atoms. The number of carbonyl (C=O) groups excluding carboxylic acids is 1. The fraction of sp³-hybridized carbons (Fsp3) is 0.810. The van der Waals surface area contributed by atoms with Crippen molar-refractivity contribution in [2.45, 2.75) is 85.0 Å². The van der Waals surface area contributed by atoms with Crippen LogP contribution in [0.3, 0.4) is 0 Å². The van der Waals surface area contributed by atoms with E-state index in [9.17, 15) is 4.79 Å². The molecule has 2 rings (SSSR count). The Kier molecular flexibility index (Phi) is 8.29. The first kappa shape index (κ1) is 21.9.